The quantitative estimate of drug-likeness (QED) is 0.140. The molecule has 0 aliphatic carbocycles. The summed E-state index contributed by atoms with van der Waals surface area (Å²) in [4.78, 5) is 5.26. The second-order valence-electron chi connectivity index (χ2n) is 25.5. The zero-order valence-electron chi connectivity index (χ0n) is 46.1. The van der Waals surface area contributed by atoms with Gasteiger partial charge < -0.3 is 9.80 Å². The summed E-state index contributed by atoms with van der Waals surface area (Å²) in [7, 11) is 0. The Balaban J connectivity index is 1.39. The van der Waals surface area contributed by atoms with Gasteiger partial charge in [0.25, 0.3) is 0 Å². The number of anilines is 6. The summed E-state index contributed by atoms with van der Waals surface area (Å²) in [6.07, 6.45) is 0. The second kappa shape index (κ2) is 17.5. The van der Waals surface area contributed by atoms with Crippen molar-refractivity contribution in [1.29, 1.82) is 0 Å². The van der Waals surface area contributed by atoms with Crippen molar-refractivity contribution >= 4 is 88.0 Å². The first kappa shape index (κ1) is 49.0. The van der Waals surface area contributed by atoms with Crippen molar-refractivity contribution in [3.05, 3.63) is 191 Å². The van der Waals surface area contributed by atoms with Crippen LogP contribution in [-0.2, 0) is 21.7 Å². The van der Waals surface area contributed by atoms with E-state index in [9.17, 15) is 0 Å². The molecule has 0 amide bonds. The number of hydrogen-bond acceptors (Lipinski definition) is 2. The first-order valence-corrected chi connectivity index (χ1v) is 26.6. The maximum Gasteiger partial charge on any atom is 0.0577 e. The maximum atomic E-state index is 2.63. The average Bonchev–Trinajstić information content (AvgIpc) is 3.32. The summed E-state index contributed by atoms with van der Waals surface area (Å²) in [6, 6.07) is 61.0. The van der Waals surface area contributed by atoms with E-state index in [0.29, 0.717) is 0 Å². The van der Waals surface area contributed by atoms with Crippen LogP contribution in [0.2, 0.25) is 0 Å². The van der Waals surface area contributed by atoms with Gasteiger partial charge in [-0.25, -0.2) is 0 Å². The molecule has 2 nitrogen and oxygen atoms in total. The zero-order valence-corrected chi connectivity index (χ0v) is 46.1. The largest absolute Gasteiger partial charge is 0.309 e. The van der Waals surface area contributed by atoms with Crippen molar-refractivity contribution < 1.29 is 0 Å². The molecule has 0 bridgehead atoms. The monoisotopic (exact) mass is 945 g/mol. The van der Waals surface area contributed by atoms with Gasteiger partial charge >= 0.3 is 0 Å². The van der Waals surface area contributed by atoms with Crippen LogP contribution in [0.1, 0.15) is 156 Å². The third-order valence-corrected chi connectivity index (χ3v) is 15.5. The zero-order chi connectivity index (χ0) is 51.4. The van der Waals surface area contributed by atoms with Crippen LogP contribution in [0, 0.1) is 0 Å². The smallest absolute Gasteiger partial charge is 0.0577 e. The molecule has 2 heteroatoms. The van der Waals surface area contributed by atoms with E-state index in [1.165, 1.54) is 110 Å². The van der Waals surface area contributed by atoms with Crippen LogP contribution >= 0.6 is 0 Å². The van der Waals surface area contributed by atoms with E-state index in [0.717, 1.165) is 11.4 Å². The van der Waals surface area contributed by atoms with Crippen LogP contribution in [0.4, 0.5) is 34.1 Å². The molecule has 0 aromatic heterocycles. The van der Waals surface area contributed by atoms with Gasteiger partial charge in [0.05, 0.1) is 22.7 Å². The molecule has 0 aliphatic rings. The third kappa shape index (κ3) is 8.39. The Labute approximate surface area is 431 Å². The molecule has 10 aromatic rings. The van der Waals surface area contributed by atoms with Gasteiger partial charge in [-0.2, -0.15) is 0 Å². The van der Waals surface area contributed by atoms with Gasteiger partial charge in [0.15, 0.2) is 0 Å². The van der Waals surface area contributed by atoms with Gasteiger partial charge in [0.1, 0.15) is 0 Å². The number of nitrogens with zero attached hydrogens (tertiary/aromatic N) is 2. The third-order valence-electron chi connectivity index (χ3n) is 15.5. The van der Waals surface area contributed by atoms with E-state index in [-0.39, 0.29) is 33.5 Å². The fourth-order valence-corrected chi connectivity index (χ4v) is 11.5. The molecule has 366 valence electrons. The molecule has 10 rings (SSSR count). The minimum atomic E-state index is -0.151. The van der Waals surface area contributed by atoms with Crippen molar-refractivity contribution in [2.45, 2.75) is 144 Å². The minimum Gasteiger partial charge on any atom is -0.309 e. The van der Waals surface area contributed by atoms with Crippen LogP contribution in [0.3, 0.4) is 0 Å². The number of benzene rings is 10. The fourth-order valence-electron chi connectivity index (χ4n) is 11.5. The lowest BCUT2D eigenvalue weighted by atomic mass is 9.80. The highest BCUT2D eigenvalue weighted by Gasteiger charge is 2.32. The lowest BCUT2D eigenvalue weighted by Gasteiger charge is -2.36. The molecular weight excluding hydrogens is 869 g/mol. The van der Waals surface area contributed by atoms with Crippen molar-refractivity contribution in [2.75, 3.05) is 9.80 Å². The summed E-state index contributed by atoms with van der Waals surface area (Å²) in [5.74, 6) is 0.528. The lowest BCUT2D eigenvalue weighted by Crippen LogP contribution is -2.21. The van der Waals surface area contributed by atoms with E-state index in [2.05, 4.69) is 278 Å². The standard InChI is InChI=1S/C70H76N2/c1-43(2)55-41-61(71(49-23-19-17-20-24-49)65-57-39-47(67(5,6)7)31-27-45(57)29-37-59(65)69(11,12)13)53-36-34-52-56(44(3)4)42-62(54-35-33-51(55)63(53)64(52)54)72(50-25-21-18-22-26-50)66-58-40-48(68(8,9)10)32-28-46(58)30-38-60(66)70(14,15)16/h17-44H,1-16H3. The highest BCUT2D eigenvalue weighted by atomic mass is 15.2. The van der Waals surface area contributed by atoms with E-state index in [1.807, 2.05) is 0 Å². The first-order chi connectivity index (χ1) is 33.9. The highest BCUT2D eigenvalue weighted by Crippen LogP contribution is 2.55. The Morgan fingerprint density at radius 2 is 0.653 bits per heavy atom. The van der Waals surface area contributed by atoms with Crippen LogP contribution in [0.5, 0.6) is 0 Å². The molecule has 10 aromatic carbocycles. The Morgan fingerprint density at radius 3 is 0.972 bits per heavy atom. The molecule has 0 unspecified atom stereocenters. The predicted octanol–water partition coefficient (Wildman–Crippen LogP) is 21.3. The molecule has 0 aliphatic heterocycles. The molecule has 0 atom stereocenters. The Kier molecular flexibility index (Phi) is 11.9. The molecule has 0 heterocycles. The Hall–Kier alpha value is -6.64. The van der Waals surface area contributed by atoms with Gasteiger partial charge in [-0.05, 0) is 148 Å². The maximum absolute atomic E-state index is 2.63. The van der Waals surface area contributed by atoms with Crippen LogP contribution in [-0.4, -0.2) is 0 Å². The Bertz CT molecular complexity index is 3400. The molecule has 0 saturated carbocycles. The fraction of sp³-hybridized carbons (Fsp3) is 0.314. The van der Waals surface area contributed by atoms with E-state index < -0.39 is 0 Å². The lowest BCUT2D eigenvalue weighted by molar-refractivity contribution is 0.589. The Morgan fingerprint density at radius 1 is 0.319 bits per heavy atom. The summed E-state index contributed by atoms with van der Waals surface area (Å²) in [5, 5.41) is 12.9. The van der Waals surface area contributed by atoms with Gasteiger partial charge in [-0.15, -0.1) is 0 Å². The number of para-hydroxylation sites is 2. The van der Waals surface area contributed by atoms with Crippen molar-refractivity contribution in [2.24, 2.45) is 0 Å². The minimum absolute atomic E-state index is 0.0212. The summed E-state index contributed by atoms with van der Waals surface area (Å²) < 4.78 is 0. The SMILES string of the molecule is CC(C)c1cc(N(c2ccccc2)c2c(C(C)(C)C)ccc3ccc(C(C)(C)C)cc23)c2ccc3c(C(C)C)cc(N(c4ccccc4)c4c(C(C)(C)C)ccc5ccc(C(C)(C)C)cc45)c4ccc1c2c34. The van der Waals surface area contributed by atoms with E-state index in [4.69, 9.17) is 0 Å². The second-order valence-corrected chi connectivity index (χ2v) is 25.5. The summed E-state index contributed by atoms with van der Waals surface area (Å²) >= 11 is 0. The van der Waals surface area contributed by atoms with Gasteiger partial charge in [0, 0.05) is 32.9 Å². The van der Waals surface area contributed by atoms with E-state index in [1.54, 1.807) is 0 Å². The van der Waals surface area contributed by atoms with E-state index >= 15 is 0 Å². The number of rotatable bonds is 8. The topological polar surface area (TPSA) is 6.48 Å². The van der Waals surface area contributed by atoms with Crippen molar-refractivity contribution in [1.82, 2.24) is 0 Å². The van der Waals surface area contributed by atoms with Gasteiger partial charge in [-0.1, -0.05) is 220 Å². The normalized spacial score (nSPS) is 13.0. The summed E-state index contributed by atoms with van der Waals surface area (Å²) in [5.41, 5.74) is 14.9. The first-order valence-electron chi connectivity index (χ1n) is 26.6. The van der Waals surface area contributed by atoms with Gasteiger partial charge in [0.2, 0.25) is 0 Å². The van der Waals surface area contributed by atoms with Crippen LogP contribution in [0.15, 0.2) is 158 Å². The predicted molar refractivity (Wildman–Crippen MR) is 318 cm³/mol. The number of fused-ring (bicyclic) bond motifs is 2. The summed E-state index contributed by atoms with van der Waals surface area (Å²) in [6.45, 7) is 37.7. The van der Waals surface area contributed by atoms with Gasteiger partial charge in [-0.3, -0.25) is 0 Å². The van der Waals surface area contributed by atoms with Crippen molar-refractivity contribution in [3.8, 4) is 0 Å². The van der Waals surface area contributed by atoms with Crippen LogP contribution < -0.4 is 9.80 Å². The number of hydrogen-bond donors (Lipinski definition) is 0. The van der Waals surface area contributed by atoms with Crippen molar-refractivity contribution in [3.63, 3.8) is 0 Å². The molecule has 0 spiro atoms. The van der Waals surface area contributed by atoms with Crippen LogP contribution in [0.25, 0.3) is 53.9 Å². The molecule has 0 saturated heterocycles. The molecular formula is C70H76N2. The molecule has 72 heavy (non-hydrogen) atoms. The molecule has 0 N–H and O–H groups in total. The molecule has 0 radical (unpaired) electrons. The molecule has 0 fully saturated rings. The highest BCUT2D eigenvalue weighted by molar-refractivity contribution is 6.30. The average molecular weight is 945 g/mol.